The Hall–Kier alpha value is -0.690. The van der Waals surface area contributed by atoms with E-state index in [-0.39, 0.29) is 18.6 Å². The minimum atomic E-state index is -1.33. The van der Waals surface area contributed by atoms with E-state index < -0.39 is 11.8 Å². The van der Waals surface area contributed by atoms with Gasteiger partial charge in [0.25, 0.3) is 0 Å². The first-order valence-corrected chi connectivity index (χ1v) is 7.21. The van der Waals surface area contributed by atoms with Crippen LogP contribution >= 0.6 is 0 Å². The van der Waals surface area contributed by atoms with Gasteiger partial charge in [-0.15, -0.1) is 0 Å². The van der Waals surface area contributed by atoms with Gasteiger partial charge in [-0.3, -0.25) is 4.79 Å². The maximum absolute atomic E-state index is 11.6. The van der Waals surface area contributed by atoms with E-state index in [0.29, 0.717) is 6.61 Å². The number of carbonyl (C=O) groups excluding carboxylic acids is 1. The molecule has 0 aromatic carbocycles. The monoisotopic (exact) mass is 292 g/mol. The van der Waals surface area contributed by atoms with Crippen molar-refractivity contribution in [1.82, 2.24) is 0 Å². The van der Waals surface area contributed by atoms with Crippen LogP contribution in [0.25, 0.3) is 0 Å². The van der Waals surface area contributed by atoms with Crippen LogP contribution in [0.1, 0.15) is 60.8 Å². The van der Waals surface area contributed by atoms with Gasteiger partial charge in [-0.05, 0) is 40.5 Å². The van der Waals surface area contributed by atoms with Crippen molar-refractivity contribution in [2.45, 2.75) is 78.8 Å². The van der Waals surface area contributed by atoms with Crippen LogP contribution in [0, 0.1) is 0 Å². The minimum Gasteiger partial charge on any atom is -0.466 e. The summed E-state index contributed by atoms with van der Waals surface area (Å²) in [7, 11) is 0. The van der Waals surface area contributed by atoms with Gasteiger partial charge in [0.15, 0.2) is 0 Å². The molecule has 6 nitrogen and oxygen atoms in total. The van der Waals surface area contributed by atoms with Gasteiger partial charge in [0.2, 0.25) is 5.79 Å². The third-order valence-corrected chi connectivity index (χ3v) is 2.70. The number of hydrogen-bond donors (Lipinski definition) is 0. The summed E-state index contributed by atoms with van der Waals surface area (Å²) in [5.74, 6) is -1.77. The number of ether oxygens (including phenoxy) is 1. The van der Waals surface area contributed by atoms with Gasteiger partial charge >= 0.3 is 5.97 Å². The average molecular weight is 292 g/mol. The fraction of sp³-hybridized carbons (Fsp3) is 0.929. The molecule has 2 unspecified atom stereocenters. The van der Waals surface area contributed by atoms with E-state index >= 15 is 0 Å². The largest absolute Gasteiger partial charge is 0.466 e. The second-order valence-corrected chi connectivity index (χ2v) is 4.91. The molecule has 0 N–H and O–H groups in total. The highest BCUT2D eigenvalue weighted by Crippen LogP contribution is 2.21. The molecule has 0 radical (unpaired) electrons. The smallest absolute Gasteiger partial charge is 0.311 e. The van der Waals surface area contributed by atoms with Gasteiger partial charge in [-0.2, -0.15) is 9.78 Å². The van der Waals surface area contributed by atoms with Crippen LogP contribution in [0.4, 0.5) is 0 Å². The van der Waals surface area contributed by atoms with Crippen LogP contribution in [0.2, 0.25) is 0 Å². The van der Waals surface area contributed by atoms with Crippen LogP contribution in [0.5, 0.6) is 0 Å². The van der Waals surface area contributed by atoms with E-state index in [2.05, 4.69) is 0 Å². The van der Waals surface area contributed by atoms with E-state index in [4.69, 9.17) is 24.3 Å². The van der Waals surface area contributed by atoms with E-state index in [9.17, 15) is 4.79 Å². The van der Waals surface area contributed by atoms with Crippen molar-refractivity contribution >= 4 is 5.97 Å². The highest BCUT2D eigenvalue weighted by Gasteiger charge is 2.35. The molecule has 0 fully saturated rings. The highest BCUT2D eigenvalue weighted by molar-refractivity contribution is 5.70. The van der Waals surface area contributed by atoms with E-state index in [0.717, 1.165) is 12.8 Å². The van der Waals surface area contributed by atoms with Crippen molar-refractivity contribution in [1.29, 1.82) is 0 Å². The third-order valence-electron chi connectivity index (χ3n) is 2.70. The zero-order chi connectivity index (χ0) is 15.6. The first kappa shape index (κ1) is 19.3. The summed E-state index contributed by atoms with van der Waals surface area (Å²) in [5.41, 5.74) is 0. The molecule has 0 aromatic heterocycles. The average Bonchev–Trinajstić information content (AvgIpc) is 2.42. The molecule has 2 atom stereocenters. The molecule has 0 amide bonds. The zero-order valence-electron chi connectivity index (χ0n) is 13.4. The quantitative estimate of drug-likeness (QED) is 0.252. The molecule has 0 spiro atoms. The maximum atomic E-state index is 11.6. The molecule has 120 valence electrons. The molecule has 0 saturated heterocycles. The van der Waals surface area contributed by atoms with E-state index in [1.54, 1.807) is 13.8 Å². The molecule has 6 heteroatoms. The minimum absolute atomic E-state index is 0.108. The summed E-state index contributed by atoms with van der Waals surface area (Å²) in [6.07, 6.45) is 1.23. The van der Waals surface area contributed by atoms with Gasteiger partial charge in [-0.1, -0.05) is 13.8 Å². The van der Waals surface area contributed by atoms with E-state index in [1.807, 2.05) is 27.7 Å². The summed E-state index contributed by atoms with van der Waals surface area (Å²) in [6.45, 7) is 11.3. The van der Waals surface area contributed by atoms with Gasteiger partial charge < -0.3 is 4.74 Å². The summed E-state index contributed by atoms with van der Waals surface area (Å²) in [4.78, 5) is 32.5. The lowest BCUT2D eigenvalue weighted by Gasteiger charge is -2.28. The standard InChI is InChI=1S/C14H28O6/c1-7-11(4)17-19-14(6,10-13(15)16-9-3)20-18-12(5)8-2/h11-12H,7-10H2,1-6H3. The van der Waals surface area contributed by atoms with Crippen LogP contribution in [0.3, 0.4) is 0 Å². The molecule has 0 aliphatic rings. The molecule has 0 aromatic rings. The van der Waals surface area contributed by atoms with Crippen molar-refractivity contribution in [3.05, 3.63) is 0 Å². The molecule has 0 aliphatic carbocycles. The Morgan fingerprint density at radius 1 is 1.00 bits per heavy atom. The van der Waals surface area contributed by atoms with E-state index in [1.165, 1.54) is 0 Å². The molecule has 0 bridgehead atoms. The van der Waals surface area contributed by atoms with Gasteiger partial charge in [0.1, 0.15) is 6.42 Å². The Morgan fingerprint density at radius 3 is 1.80 bits per heavy atom. The Balaban J connectivity index is 4.52. The fourth-order valence-corrected chi connectivity index (χ4v) is 1.05. The van der Waals surface area contributed by atoms with Crippen molar-refractivity contribution in [2.24, 2.45) is 0 Å². The van der Waals surface area contributed by atoms with Crippen LogP contribution in [-0.2, 0) is 29.1 Å². The number of esters is 1. The first-order chi connectivity index (χ1) is 9.36. The predicted octanol–water partition coefficient (Wildman–Crippen LogP) is 3.15. The lowest BCUT2D eigenvalue weighted by atomic mass is 10.2. The molecule has 0 heterocycles. The zero-order valence-corrected chi connectivity index (χ0v) is 13.4. The second kappa shape index (κ2) is 10.1. The molecule has 20 heavy (non-hydrogen) atoms. The van der Waals surface area contributed by atoms with Crippen LogP contribution in [-0.4, -0.2) is 30.6 Å². The SMILES string of the molecule is CCOC(=O)CC(C)(OOC(C)CC)OOC(C)CC. The first-order valence-electron chi connectivity index (χ1n) is 7.21. The Morgan fingerprint density at radius 2 is 1.45 bits per heavy atom. The summed E-state index contributed by atoms with van der Waals surface area (Å²) >= 11 is 0. The van der Waals surface area contributed by atoms with Crippen LogP contribution < -0.4 is 0 Å². The predicted molar refractivity (Wildman–Crippen MR) is 73.5 cm³/mol. The Bertz CT molecular complexity index is 254. The van der Waals surface area contributed by atoms with Gasteiger partial charge in [0.05, 0.1) is 18.8 Å². The highest BCUT2D eigenvalue weighted by atomic mass is 17.3. The lowest BCUT2D eigenvalue weighted by molar-refractivity contribution is -0.520. The van der Waals surface area contributed by atoms with Gasteiger partial charge in [-0.25, -0.2) is 9.78 Å². The molecule has 0 saturated carbocycles. The molecular formula is C14H28O6. The number of hydrogen-bond acceptors (Lipinski definition) is 6. The Kier molecular flexibility index (Phi) is 9.75. The molecular weight excluding hydrogens is 264 g/mol. The molecule has 0 aliphatic heterocycles. The second-order valence-electron chi connectivity index (χ2n) is 4.91. The van der Waals surface area contributed by atoms with Crippen LogP contribution in [0.15, 0.2) is 0 Å². The van der Waals surface area contributed by atoms with Crippen molar-refractivity contribution in [3.63, 3.8) is 0 Å². The van der Waals surface area contributed by atoms with Crippen molar-refractivity contribution in [3.8, 4) is 0 Å². The van der Waals surface area contributed by atoms with Crippen molar-refractivity contribution < 1.29 is 29.1 Å². The Labute approximate surface area is 121 Å². The summed E-state index contributed by atoms with van der Waals surface area (Å²) in [5, 5.41) is 0. The number of carbonyl (C=O) groups is 1. The van der Waals surface area contributed by atoms with Crippen molar-refractivity contribution in [2.75, 3.05) is 6.61 Å². The van der Waals surface area contributed by atoms with Gasteiger partial charge in [0, 0.05) is 0 Å². The third kappa shape index (κ3) is 8.47. The summed E-state index contributed by atoms with van der Waals surface area (Å²) in [6, 6.07) is 0. The topological polar surface area (TPSA) is 63.2 Å². The fourth-order valence-electron chi connectivity index (χ4n) is 1.05. The lowest BCUT2D eigenvalue weighted by Crippen LogP contribution is -2.38. The maximum Gasteiger partial charge on any atom is 0.311 e. The summed E-state index contributed by atoms with van der Waals surface area (Å²) < 4.78 is 4.89. The normalized spacial score (nSPS) is 17.3. The molecule has 0 rings (SSSR count). The number of rotatable bonds is 11.